The first-order chi connectivity index (χ1) is 21.6. The first-order valence-corrected chi connectivity index (χ1v) is 17.1. The van der Waals surface area contributed by atoms with Crippen LogP contribution in [0.2, 0.25) is 0 Å². The highest BCUT2D eigenvalue weighted by Crippen LogP contribution is 2.41. The Hall–Kier alpha value is -3.41. The summed E-state index contributed by atoms with van der Waals surface area (Å²) in [6, 6.07) is 17.5. The smallest absolute Gasteiger partial charge is 0.416 e. The molecule has 0 spiro atoms. The van der Waals surface area contributed by atoms with E-state index in [4.69, 9.17) is 4.74 Å². The Morgan fingerprint density at radius 3 is 2.42 bits per heavy atom. The average molecular weight is 640 g/mol. The number of rotatable bonds is 7. The fraction of sp³-hybridized carbons (Fsp3) is 0.441. The Morgan fingerprint density at radius 1 is 0.911 bits per heavy atom. The van der Waals surface area contributed by atoms with Crippen molar-refractivity contribution in [2.75, 3.05) is 13.2 Å². The third-order valence-corrected chi connectivity index (χ3v) is 11.8. The fourth-order valence-electron chi connectivity index (χ4n) is 7.70. The lowest BCUT2D eigenvalue weighted by atomic mass is 9.92. The lowest BCUT2D eigenvalue weighted by Gasteiger charge is -2.36. The molecule has 45 heavy (non-hydrogen) atoms. The van der Waals surface area contributed by atoms with Crippen LogP contribution >= 0.6 is 0 Å². The van der Waals surface area contributed by atoms with Gasteiger partial charge in [0, 0.05) is 43.6 Å². The van der Waals surface area contributed by atoms with Crippen molar-refractivity contribution in [2.45, 2.75) is 86.7 Å². The van der Waals surface area contributed by atoms with Crippen molar-refractivity contribution in [3.05, 3.63) is 94.5 Å². The maximum atomic E-state index is 13.8. The molecule has 2 saturated heterocycles. The molecule has 2 fully saturated rings. The average Bonchev–Trinajstić information content (AvgIpc) is 3.59. The van der Waals surface area contributed by atoms with Gasteiger partial charge in [0.2, 0.25) is 15.9 Å². The summed E-state index contributed by atoms with van der Waals surface area (Å²) in [6.07, 6.45) is 1.18. The summed E-state index contributed by atoms with van der Waals surface area (Å²) in [6.45, 7) is 1.38. The molecule has 2 atom stereocenters. The maximum Gasteiger partial charge on any atom is 0.416 e. The van der Waals surface area contributed by atoms with E-state index in [1.165, 1.54) is 41.6 Å². The SMILES string of the molecule is O=C(CC1c2ccccc2CCN1S(=O)(=O)c1cccc(C(F)(F)F)c1)NC1CCOc2cc(CN3C4CCC3CC4)ccc21. The van der Waals surface area contributed by atoms with E-state index in [0.29, 0.717) is 43.2 Å². The second-order valence-corrected chi connectivity index (χ2v) is 14.5. The topological polar surface area (TPSA) is 79.0 Å². The second kappa shape index (κ2) is 11.7. The minimum Gasteiger partial charge on any atom is -0.493 e. The molecule has 2 bridgehead atoms. The summed E-state index contributed by atoms with van der Waals surface area (Å²) in [5, 5.41) is 3.11. The number of halogens is 3. The highest BCUT2D eigenvalue weighted by Gasteiger charge is 2.41. The molecule has 1 N–H and O–H groups in total. The molecule has 2 unspecified atom stereocenters. The maximum absolute atomic E-state index is 13.8. The van der Waals surface area contributed by atoms with Gasteiger partial charge in [0.05, 0.1) is 29.1 Å². The van der Waals surface area contributed by atoms with Gasteiger partial charge >= 0.3 is 6.18 Å². The van der Waals surface area contributed by atoms with Crippen LogP contribution in [0.15, 0.2) is 71.6 Å². The van der Waals surface area contributed by atoms with Gasteiger partial charge in [-0.25, -0.2) is 8.42 Å². The minimum atomic E-state index is -4.69. The summed E-state index contributed by atoms with van der Waals surface area (Å²) in [5.74, 6) is 0.420. The van der Waals surface area contributed by atoms with Crippen LogP contribution in [0.4, 0.5) is 13.2 Å². The van der Waals surface area contributed by atoms with E-state index in [1.54, 1.807) is 12.1 Å². The van der Waals surface area contributed by atoms with Crippen molar-refractivity contribution in [2.24, 2.45) is 0 Å². The Bertz CT molecular complexity index is 1690. The van der Waals surface area contributed by atoms with Crippen molar-refractivity contribution in [1.82, 2.24) is 14.5 Å². The molecule has 0 saturated carbocycles. The van der Waals surface area contributed by atoms with Crippen LogP contribution in [0.3, 0.4) is 0 Å². The van der Waals surface area contributed by atoms with E-state index in [1.807, 2.05) is 18.2 Å². The highest BCUT2D eigenvalue weighted by atomic mass is 32.2. The number of fused-ring (bicyclic) bond motifs is 4. The minimum absolute atomic E-state index is 0.0507. The quantitative estimate of drug-likeness (QED) is 0.336. The Labute approximate surface area is 261 Å². The molecule has 1 amide bonds. The van der Waals surface area contributed by atoms with Crippen LogP contribution in [0.25, 0.3) is 0 Å². The molecule has 7 rings (SSSR count). The number of benzene rings is 3. The first kappa shape index (κ1) is 30.3. The molecular formula is C34H36F3N3O4S. The van der Waals surface area contributed by atoms with Crippen molar-refractivity contribution < 1.29 is 31.1 Å². The van der Waals surface area contributed by atoms with Gasteiger partial charge < -0.3 is 10.1 Å². The van der Waals surface area contributed by atoms with Crippen molar-refractivity contribution in [3.8, 4) is 5.75 Å². The van der Waals surface area contributed by atoms with E-state index in [9.17, 15) is 26.4 Å². The van der Waals surface area contributed by atoms with Crippen molar-refractivity contribution >= 4 is 15.9 Å². The third-order valence-electron chi connectivity index (χ3n) is 9.93. The predicted octanol–water partition coefficient (Wildman–Crippen LogP) is 6.15. The standard InChI is InChI=1S/C34H36F3N3O4S/c35-34(36,37)24-5-3-6-27(19-24)45(42,43)40-16-14-23-4-1-2-7-28(23)31(40)20-33(41)38-30-15-17-44-32-18-22(8-13-29(30)32)21-39-25-9-10-26(39)12-11-25/h1-8,13,18-19,25-26,30-31H,9-12,14-17,20-21H2,(H,38,41). The zero-order valence-corrected chi connectivity index (χ0v) is 25.6. The molecule has 3 aromatic carbocycles. The normalized spacial score (nSPS) is 25.0. The molecular weight excluding hydrogens is 603 g/mol. The number of nitrogens with zero attached hydrogens (tertiary/aromatic N) is 2. The molecule has 11 heteroatoms. The van der Waals surface area contributed by atoms with Crippen LogP contribution in [0, 0.1) is 0 Å². The number of carbonyl (C=O) groups is 1. The number of sulfonamides is 1. The Balaban J connectivity index is 1.11. The van der Waals surface area contributed by atoms with Gasteiger partial charge in [-0.1, -0.05) is 42.5 Å². The van der Waals surface area contributed by atoms with Gasteiger partial charge in [0.1, 0.15) is 5.75 Å². The van der Waals surface area contributed by atoms with Crippen LogP contribution in [0.5, 0.6) is 5.75 Å². The van der Waals surface area contributed by atoms with Gasteiger partial charge in [0.15, 0.2) is 0 Å². The first-order valence-electron chi connectivity index (χ1n) is 15.7. The van der Waals surface area contributed by atoms with Gasteiger partial charge in [-0.05, 0) is 73.1 Å². The van der Waals surface area contributed by atoms with E-state index in [2.05, 4.69) is 22.3 Å². The van der Waals surface area contributed by atoms with E-state index in [-0.39, 0.29) is 24.9 Å². The van der Waals surface area contributed by atoms with Crippen molar-refractivity contribution in [3.63, 3.8) is 0 Å². The largest absolute Gasteiger partial charge is 0.493 e. The van der Waals surface area contributed by atoms with Crippen molar-refractivity contribution in [1.29, 1.82) is 0 Å². The van der Waals surface area contributed by atoms with E-state index in [0.717, 1.165) is 35.6 Å². The number of nitrogens with one attached hydrogen (secondary N) is 1. The summed E-state index contributed by atoms with van der Waals surface area (Å²) in [5.41, 5.74) is 2.64. The zero-order valence-electron chi connectivity index (χ0n) is 24.8. The van der Waals surface area contributed by atoms with Gasteiger partial charge in [-0.3, -0.25) is 9.69 Å². The Morgan fingerprint density at radius 2 is 1.67 bits per heavy atom. The lowest BCUT2D eigenvalue weighted by molar-refractivity contribution is -0.137. The number of hydrogen-bond acceptors (Lipinski definition) is 5. The molecule has 4 aliphatic heterocycles. The lowest BCUT2D eigenvalue weighted by Crippen LogP contribution is -2.43. The van der Waals surface area contributed by atoms with Gasteiger partial charge in [0.25, 0.3) is 0 Å². The third kappa shape index (κ3) is 5.86. The van der Waals surface area contributed by atoms with Crippen LogP contribution in [0.1, 0.15) is 78.4 Å². The number of alkyl halides is 3. The second-order valence-electron chi connectivity index (χ2n) is 12.6. The molecule has 3 aromatic rings. The van der Waals surface area contributed by atoms with Crippen LogP contribution < -0.4 is 10.1 Å². The molecule has 4 aliphatic rings. The zero-order chi connectivity index (χ0) is 31.3. The van der Waals surface area contributed by atoms with E-state index >= 15 is 0 Å². The molecule has 0 aliphatic carbocycles. The summed E-state index contributed by atoms with van der Waals surface area (Å²) < 4.78 is 75.2. The number of hydrogen-bond donors (Lipinski definition) is 1. The van der Waals surface area contributed by atoms with Gasteiger partial charge in [-0.2, -0.15) is 17.5 Å². The van der Waals surface area contributed by atoms with Crippen LogP contribution in [-0.4, -0.2) is 48.8 Å². The Kier molecular flexibility index (Phi) is 7.90. The highest BCUT2D eigenvalue weighted by molar-refractivity contribution is 7.89. The number of carbonyl (C=O) groups excluding carboxylic acids is 1. The summed E-state index contributed by atoms with van der Waals surface area (Å²) in [4.78, 5) is 15.8. The number of ether oxygens (including phenoxy) is 1. The molecule has 4 heterocycles. The monoisotopic (exact) mass is 639 g/mol. The predicted molar refractivity (Wildman–Crippen MR) is 162 cm³/mol. The molecule has 7 nitrogen and oxygen atoms in total. The van der Waals surface area contributed by atoms with Crippen LogP contribution in [-0.2, 0) is 34.0 Å². The van der Waals surface area contributed by atoms with Gasteiger partial charge in [-0.15, -0.1) is 0 Å². The summed E-state index contributed by atoms with van der Waals surface area (Å²) in [7, 11) is -4.35. The number of amides is 1. The molecule has 0 radical (unpaired) electrons. The van der Waals surface area contributed by atoms with E-state index < -0.39 is 32.7 Å². The molecule has 238 valence electrons. The fourth-order valence-corrected chi connectivity index (χ4v) is 9.35. The molecule has 0 aromatic heterocycles. The summed E-state index contributed by atoms with van der Waals surface area (Å²) >= 11 is 0.